The van der Waals surface area contributed by atoms with E-state index >= 15 is 0 Å². The summed E-state index contributed by atoms with van der Waals surface area (Å²) < 4.78 is 38.6. The molecule has 0 spiro atoms. The molecule has 6 heteroatoms. The zero-order valence-corrected chi connectivity index (χ0v) is 41.2. The number of hydrogen-bond acceptors (Lipinski definition) is 1. The summed E-state index contributed by atoms with van der Waals surface area (Å²) in [5.74, 6) is -0.540. The molecule has 2 heterocycles. The maximum absolute atomic E-state index is 14.5. The second kappa shape index (κ2) is 17.9. The second-order valence-electron chi connectivity index (χ2n) is 18.4. The summed E-state index contributed by atoms with van der Waals surface area (Å²) in [6.45, 7) is 0. The predicted molar refractivity (Wildman–Crippen MR) is 299 cm³/mol. The Bertz CT molecular complexity index is 3980. The molecule has 0 saturated carbocycles. The molecule has 0 unspecified atom stereocenters. The van der Waals surface area contributed by atoms with Gasteiger partial charge in [-0.3, -0.25) is 0 Å². The molecule has 0 N–H and O–H groups in total. The zero-order valence-electron chi connectivity index (χ0n) is 39.1. The summed E-state index contributed by atoms with van der Waals surface area (Å²) in [6, 6.07) is 95.0. The topological polar surface area (TPSA) is 13.1 Å². The number of rotatable bonds is 10. The Hall–Kier alpha value is -8.78. The molecule has 0 fully saturated rings. The van der Waals surface area contributed by atoms with E-state index in [1.165, 1.54) is 41.8 Å². The standard InChI is InChI=1S/C66H45F2GeN3/c67-48-28-34-55(35-29-48)71-63-24-14-13-23-59(63)61-44-57(38-41-65(61)71)70(54-21-11-4-12-22-54)58-39-42-66-62(45-58)60-43-47(27-40-64(60)72(66)56-36-30-49(68)31-37-56)46-25-32-53(33-26-46)69(50-15-5-1-6-16-50,51-17-7-2-8-18-51)52-19-9-3-10-20-52/h1-45H. The summed E-state index contributed by atoms with van der Waals surface area (Å²) in [6.07, 6.45) is 0. The van der Waals surface area contributed by atoms with E-state index in [1.807, 2.05) is 36.4 Å². The van der Waals surface area contributed by atoms with Crippen molar-refractivity contribution in [3.63, 3.8) is 0 Å². The van der Waals surface area contributed by atoms with Crippen LogP contribution in [0.2, 0.25) is 0 Å². The normalized spacial score (nSPS) is 11.8. The molecular formula is C66H45F2GeN3. The Kier molecular flexibility index (Phi) is 10.7. The van der Waals surface area contributed by atoms with Crippen LogP contribution < -0.4 is 22.5 Å². The Morgan fingerprint density at radius 3 is 1.15 bits per heavy atom. The summed E-state index contributed by atoms with van der Waals surface area (Å²) in [7, 11) is 0. The molecule has 0 amide bonds. The van der Waals surface area contributed by atoms with Gasteiger partial charge in [0, 0.05) is 16.5 Å². The molecule has 2 aromatic heterocycles. The van der Waals surface area contributed by atoms with Crippen molar-refractivity contribution >= 4 is 91.5 Å². The van der Waals surface area contributed by atoms with E-state index < -0.39 is 13.3 Å². The molecular weight excluding hydrogens is 945 g/mol. The van der Waals surface area contributed by atoms with E-state index in [0.717, 1.165) is 83.2 Å². The van der Waals surface area contributed by atoms with Crippen molar-refractivity contribution in [2.24, 2.45) is 0 Å². The molecule has 0 bridgehead atoms. The minimum absolute atomic E-state index is 0.265. The fourth-order valence-corrected chi connectivity index (χ4v) is 21.1. The first-order chi connectivity index (χ1) is 35.5. The van der Waals surface area contributed by atoms with Crippen molar-refractivity contribution in [3.8, 4) is 22.5 Å². The Balaban J connectivity index is 0.982. The van der Waals surface area contributed by atoms with Gasteiger partial charge in [-0.1, -0.05) is 36.4 Å². The van der Waals surface area contributed by atoms with Gasteiger partial charge in [0.05, 0.1) is 11.0 Å². The third kappa shape index (κ3) is 7.23. The van der Waals surface area contributed by atoms with Crippen molar-refractivity contribution in [2.75, 3.05) is 4.90 Å². The van der Waals surface area contributed by atoms with Crippen molar-refractivity contribution in [1.82, 2.24) is 9.13 Å². The molecule has 0 atom stereocenters. The second-order valence-corrected chi connectivity index (χ2v) is 26.4. The van der Waals surface area contributed by atoms with Gasteiger partial charge in [-0.2, -0.15) is 0 Å². The molecule has 342 valence electrons. The van der Waals surface area contributed by atoms with Crippen molar-refractivity contribution in [2.45, 2.75) is 0 Å². The van der Waals surface area contributed by atoms with Crippen LogP contribution in [0.5, 0.6) is 0 Å². The smallest absolute Gasteiger partial charge is 0.0359 e. The first-order valence-electron chi connectivity index (χ1n) is 24.3. The molecule has 0 radical (unpaired) electrons. The van der Waals surface area contributed by atoms with Crippen LogP contribution in [-0.4, -0.2) is 22.4 Å². The molecule has 11 aromatic carbocycles. The van der Waals surface area contributed by atoms with Crippen molar-refractivity contribution in [1.29, 1.82) is 0 Å². The zero-order chi connectivity index (χ0) is 48.2. The predicted octanol–water partition coefficient (Wildman–Crippen LogP) is 14.7. The largest absolute Gasteiger partial charge is 0.0542 e. The van der Waals surface area contributed by atoms with Gasteiger partial charge in [0.25, 0.3) is 0 Å². The maximum atomic E-state index is 14.5. The van der Waals surface area contributed by atoms with Crippen LogP contribution in [0.4, 0.5) is 25.8 Å². The average molecular weight is 991 g/mol. The quantitative estimate of drug-likeness (QED) is 0.124. The third-order valence-corrected chi connectivity index (χ3v) is 24.4. The van der Waals surface area contributed by atoms with Gasteiger partial charge in [0.15, 0.2) is 0 Å². The Morgan fingerprint density at radius 2 is 0.653 bits per heavy atom. The van der Waals surface area contributed by atoms with Gasteiger partial charge in [0.2, 0.25) is 0 Å². The van der Waals surface area contributed by atoms with E-state index in [4.69, 9.17) is 0 Å². The number of anilines is 3. The summed E-state index contributed by atoms with van der Waals surface area (Å²) in [5.41, 5.74) is 11.2. The first-order valence-corrected chi connectivity index (χ1v) is 28.5. The van der Waals surface area contributed by atoms with Gasteiger partial charge < -0.3 is 4.57 Å². The van der Waals surface area contributed by atoms with E-state index in [-0.39, 0.29) is 11.6 Å². The molecule has 13 aromatic rings. The van der Waals surface area contributed by atoms with Crippen molar-refractivity contribution < 1.29 is 8.78 Å². The number of nitrogens with zero attached hydrogens (tertiary/aromatic N) is 3. The van der Waals surface area contributed by atoms with E-state index in [2.05, 4.69) is 226 Å². The number of hydrogen-bond donors (Lipinski definition) is 0. The van der Waals surface area contributed by atoms with Crippen LogP contribution in [-0.2, 0) is 0 Å². The van der Waals surface area contributed by atoms with Gasteiger partial charge in [-0.15, -0.1) is 0 Å². The monoisotopic (exact) mass is 991 g/mol. The Labute approximate surface area is 419 Å². The number of halogens is 2. The molecule has 13 rings (SSSR count). The minimum Gasteiger partial charge on any atom is -0.0359 e. The van der Waals surface area contributed by atoms with Crippen LogP contribution in [0.15, 0.2) is 273 Å². The fraction of sp³-hybridized carbons (Fsp3) is 0. The SMILES string of the molecule is Fc1ccc(-n2c3ccccc3c3cc(N(c4ccccc4)c4ccc5c(c4)c4cc(-c6cc[c]([Ge]([c]7ccccc7)([c]7ccccc7)[c]7ccccc7)cc6)ccc4n5-c4ccc(F)cc4)ccc32)cc1. The van der Waals surface area contributed by atoms with Gasteiger partial charge in [-0.25, -0.2) is 8.78 Å². The summed E-state index contributed by atoms with van der Waals surface area (Å²) in [4.78, 5) is 2.32. The number of benzene rings is 11. The maximum Gasteiger partial charge on any atom is 0.0542 e. The van der Waals surface area contributed by atoms with Gasteiger partial charge >= 0.3 is 272 Å². The van der Waals surface area contributed by atoms with E-state index in [0.29, 0.717) is 0 Å². The van der Waals surface area contributed by atoms with Gasteiger partial charge in [-0.05, 0) is 60.7 Å². The van der Waals surface area contributed by atoms with Crippen LogP contribution in [0.25, 0.3) is 66.1 Å². The van der Waals surface area contributed by atoms with Crippen molar-refractivity contribution in [3.05, 3.63) is 285 Å². The van der Waals surface area contributed by atoms with Crippen LogP contribution >= 0.6 is 0 Å². The molecule has 72 heavy (non-hydrogen) atoms. The van der Waals surface area contributed by atoms with Gasteiger partial charge in [0.1, 0.15) is 11.6 Å². The molecule has 3 nitrogen and oxygen atoms in total. The number of para-hydroxylation sites is 2. The van der Waals surface area contributed by atoms with Crippen LogP contribution in [0.3, 0.4) is 0 Å². The molecule has 0 aliphatic heterocycles. The third-order valence-electron chi connectivity index (χ3n) is 14.4. The number of fused-ring (bicyclic) bond motifs is 6. The van der Waals surface area contributed by atoms with Crippen LogP contribution in [0, 0.1) is 11.6 Å². The molecule has 0 saturated heterocycles. The molecule has 0 aliphatic carbocycles. The Morgan fingerprint density at radius 1 is 0.278 bits per heavy atom. The van der Waals surface area contributed by atoms with E-state index in [9.17, 15) is 8.78 Å². The first kappa shape index (κ1) is 43.3. The summed E-state index contributed by atoms with van der Waals surface area (Å²) >= 11 is -3.46. The summed E-state index contributed by atoms with van der Waals surface area (Å²) in [5, 5.41) is 4.37. The number of aromatic nitrogens is 2. The van der Waals surface area contributed by atoms with E-state index in [1.54, 1.807) is 0 Å². The van der Waals surface area contributed by atoms with Crippen LogP contribution in [0.1, 0.15) is 0 Å². The fourth-order valence-electron chi connectivity index (χ4n) is 11.2. The average Bonchev–Trinajstić information content (AvgIpc) is 3.95. The molecule has 0 aliphatic rings. The minimum atomic E-state index is -3.46.